The van der Waals surface area contributed by atoms with E-state index in [4.69, 9.17) is 16.6 Å². The molecule has 2 rings (SSSR count). The second-order valence-corrected chi connectivity index (χ2v) is 8.27. The Morgan fingerprint density at radius 2 is 2.07 bits per heavy atom. The van der Waals surface area contributed by atoms with Crippen molar-refractivity contribution >= 4 is 35.1 Å². The molecule has 0 radical (unpaired) electrons. The van der Waals surface area contributed by atoms with Crippen LogP contribution in [0.3, 0.4) is 0 Å². The van der Waals surface area contributed by atoms with Gasteiger partial charge < -0.3 is 27.2 Å². The van der Waals surface area contributed by atoms with Gasteiger partial charge in [0.25, 0.3) is 0 Å². The minimum absolute atomic E-state index is 0.0127. The van der Waals surface area contributed by atoms with E-state index in [-0.39, 0.29) is 36.8 Å². The van der Waals surface area contributed by atoms with Crippen molar-refractivity contribution in [2.24, 2.45) is 22.4 Å². The van der Waals surface area contributed by atoms with Gasteiger partial charge in [0, 0.05) is 15.7 Å². The number of carbonyl (C=O) groups is 3. The van der Waals surface area contributed by atoms with Crippen LogP contribution >= 0.6 is 11.3 Å². The van der Waals surface area contributed by atoms with Gasteiger partial charge in [0.2, 0.25) is 11.8 Å². The summed E-state index contributed by atoms with van der Waals surface area (Å²) in [7, 11) is 0. The van der Waals surface area contributed by atoms with Crippen LogP contribution in [0.5, 0.6) is 0 Å². The molecule has 1 fully saturated rings. The number of aliphatic imine (C=N–C) groups is 1. The third-order valence-electron chi connectivity index (χ3n) is 4.59. The van der Waals surface area contributed by atoms with Crippen LogP contribution in [0.4, 0.5) is 0 Å². The van der Waals surface area contributed by atoms with Gasteiger partial charge in [-0.1, -0.05) is 6.42 Å². The van der Waals surface area contributed by atoms with Crippen LogP contribution in [0.1, 0.15) is 47.9 Å². The number of amides is 2. The standard InChI is InChI=1S/C18H27N5O4S/c1-10-5-6-14(28-10)13(8-16(25)26)23-15(24)9-21-17(27)11-3-2-4-12(7-11)22-18(19)20/h5-6,11-13H,2-4,7-9H2,1H3,(H,21,27)(H,23,24)(H,25,26)(H4,19,20,22). The van der Waals surface area contributed by atoms with Gasteiger partial charge in [-0.3, -0.25) is 19.4 Å². The number of nitrogens with one attached hydrogen (secondary N) is 2. The largest absolute Gasteiger partial charge is 0.481 e. The quantitative estimate of drug-likeness (QED) is 0.313. The monoisotopic (exact) mass is 409 g/mol. The summed E-state index contributed by atoms with van der Waals surface area (Å²) in [6, 6.07) is 2.98. The van der Waals surface area contributed by atoms with E-state index in [1.807, 2.05) is 13.0 Å². The topological polar surface area (TPSA) is 160 Å². The van der Waals surface area contributed by atoms with E-state index in [2.05, 4.69) is 15.6 Å². The molecule has 28 heavy (non-hydrogen) atoms. The maximum atomic E-state index is 12.4. The van der Waals surface area contributed by atoms with Gasteiger partial charge in [-0.25, -0.2) is 0 Å². The number of hydrogen-bond acceptors (Lipinski definition) is 5. The molecular formula is C18H27N5O4S. The lowest BCUT2D eigenvalue weighted by Crippen LogP contribution is -2.42. The first-order chi connectivity index (χ1) is 13.2. The fourth-order valence-corrected chi connectivity index (χ4v) is 4.25. The molecule has 9 nitrogen and oxygen atoms in total. The van der Waals surface area contributed by atoms with Gasteiger partial charge in [0.15, 0.2) is 5.96 Å². The van der Waals surface area contributed by atoms with E-state index in [0.717, 1.165) is 29.0 Å². The number of carboxylic acid groups (broad SMARTS) is 1. The molecule has 0 aromatic carbocycles. The SMILES string of the molecule is Cc1ccc(C(CC(=O)O)NC(=O)CNC(=O)C2CCCC(N=C(N)N)C2)s1. The number of rotatable bonds is 8. The fraction of sp³-hybridized carbons (Fsp3) is 0.556. The molecule has 0 bridgehead atoms. The van der Waals surface area contributed by atoms with E-state index >= 15 is 0 Å². The van der Waals surface area contributed by atoms with E-state index in [9.17, 15) is 14.4 Å². The van der Waals surface area contributed by atoms with Gasteiger partial charge in [0.05, 0.1) is 25.0 Å². The third-order valence-corrected chi connectivity index (χ3v) is 5.71. The summed E-state index contributed by atoms with van der Waals surface area (Å²) < 4.78 is 0. The molecule has 1 aliphatic carbocycles. The summed E-state index contributed by atoms with van der Waals surface area (Å²) in [6.45, 7) is 1.70. The Labute approximate surface area is 167 Å². The third kappa shape index (κ3) is 6.84. The second kappa shape index (κ2) is 10.1. The van der Waals surface area contributed by atoms with E-state index in [1.54, 1.807) is 6.07 Å². The lowest BCUT2D eigenvalue weighted by Gasteiger charge is -2.26. The molecule has 1 saturated carbocycles. The summed E-state index contributed by atoms with van der Waals surface area (Å²) >= 11 is 1.43. The summed E-state index contributed by atoms with van der Waals surface area (Å²) in [6.07, 6.45) is 2.72. The lowest BCUT2D eigenvalue weighted by molar-refractivity contribution is -0.138. The predicted octanol–water partition coefficient (Wildman–Crippen LogP) is 0.637. The van der Waals surface area contributed by atoms with Crippen LogP contribution in [0.25, 0.3) is 0 Å². The summed E-state index contributed by atoms with van der Waals surface area (Å²) in [5.41, 5.74) is 10.8. The maximum Gasteiger partial charge on any atom is 0.305 e. The zero-order chi connectivity index (χ0) is 20.7. The first kappa shape index (κ1) is 21.7. The Balaban J connectivity index is 1.86. The number of guanidine groups is 1. The molecule has 0 spiro atoms. The molecule has 154 valence electrons. The van der Waals surface area contributed by atoms with Gasteiger partial charge in [-0.05, 0) is 38.3 Å². The number of carboxylic acids is 1. The fourth-order valence-electron chi connectivity index (χ4n) is 3.33. The minimum Gasteiger partial charge on any atom is -0.481 e. The van der Waals surface area contributed by atoms with Crippen LogP contribution in [0, 0.1) is 12.8 Å². The molecule has 1 aromatic heterocycles. The molecule has 3 atom stereocenters. The summed E-state index contributed by atoms with van der Waals surface area (Å²) in [5, 5.41) is 14.4. The van der Waals surface area contributed by atoms with Crippen molar-refractivity contribution in [3.63, 3.8) is 0 Å². The molecular weight excluding hydrogens is 382 g/mol. The molecule has 3 unspecified atom stereocenters. The normalized spacial score (nSPS) is 20.0. The van der Waals surface area contributed by atoms with E-state index < -0.39 is 17.9 Å². The Morgan fingerprint density at radius 3 is 2.68 bits per heavy atom. The van der Waals surface area contributed by atoms with Gasteiger partial charge in [0.1, 0.15) is 0 Å². The van der Waals surface area contributed by atoms with Crippen molar-refractivity contribution in [2.45, 2.75) is 51.1 Å². The van der Waals surface area contributed by atoms with E-state index in [0.29, 0.717) is 6.42 Å². The summed E-state index contributed by atoms with van der Waals surface area (Å²) in [5.74, 6) is -1.88. The lowest BCUT2D eigenvalue weighted by atomic mass is 9.85. The average molecular weight is 410 g/mol. The molecule has 0 saturated heterocycles. The molecule has 1 aliphatic rings. The van der Waals surface area contributed by atoms with Crippen LogP contribution in [-0.2, 0) is 14.4 Å². The smallest absolute Gasteiger partial charge is 0.305 e. The Morgan fingerprint density at radius 1 is 1.32 bits per heavy atom. The minimum atomic E-state index is -1.01. The van der Waals surface area contributed by atoms with Gasteiger partial charge in [-0.15, -0.1) is 11.3 Å². The molecule has 1 aromatic rings. The van der Waals surface area contributed by atoms with Crippen molar-refractivity contribution in [1.82, 2.24) is 10.6 Å². The number of aliphatic carboxylic acids is 1. The number of nitrogens with zero attached hydrogens (tertiary/aromatic N) is 1. The van der Waals surface area contributed by atoms with Gasteiger partial charge >= 0.3 is 5.97 Å². The van der Waals surface area contributed by atoms with Crippen LogP contribution in [0.2, 0.25) is 0 Å². The molecule has 0 aliphatic heterocycles. The van der Waals surface area contributed by atoms with Crippen molar-refractivity contribution in [2.75, 3.05) is 6.54 Å². The maximum absolute atomic E-state index is 12.4. The molecule has 10 heteroatoms. The van der Waals surface area contributed by atoms with E-state index in [1.165, 1.54) is 11.3 Å². The predicted molar refractivity (Wildman–Crippen MR) is 107 cm³/mol. The number of aryl methyl sites for hydroxylation is 1. The second-order valence-electron chi connectivity index (χ2n) is 6.96. The molecule has 2 amide bonds. The molecule has 7 N–H and O–H groups in total. The van der Waals surface area contributed by atoms with Crippen molar-refractivity contribution in [1.29, 1.82) is 0 Å². The van der Waals surface area contributed by atoms with Crippen LogP contribution in [0.15, 0.2) is 17.1 Å². The van der Waals surface area contributed by atoms with Crippen molar-refractivity contribution in [3.05, 3.63) is 21.9 Å². The molecule has 1 heterocycles. The van der Waals surface area contributed by atoms with Crippen LogP contribution < -0.4 is 22.1 Å². The number of hydrogen-bond donors (Lipinski definition) is 5. The van der Waals surface area contributed by atoms with Gasteiger partial charge in [-0.2, -0.15) is 0 Å². The Bertz CT molecular complexity index is 744. The Hall–Kier alpha value is -2.62. The number of thiophene rings is 1. The number of nitrogens with two attached hydrogens (primary N) is 2. The van der Waals surface area contributed by atoms with Crippen molar-refractivity contribution < 1.29 is 19.5 Å². The number of carbonyl (C=O) groups excluding carboxylic acids is 2. The summed E-state index contributed by atoms with van der Waals surface area (Å²) in [4.78, 5) is 41.6. The highest BCUT2D eigenvalue weighted by Gasteiger charge is 2.27. The highest BCUT2D eigenvalue weighted by molar-refractivity contribution is 7.12. The highest BCUT2D eigenvalue weighted by atomic mass is 32.1. The van der Waals surface area contributed by atoms with Crippen LogP contribution in [-0.4, -0.2) is 41.4 Å². The first-order valence-electron chi connectivity index (χ1n) is 9.18. The average Bonchev–Trinajstić information content (AvgIpc) is 3.05. The zero-order valence-corrected chi connectivity index (χ0v) is 16.6. The zero-order valence-electron chi connectivity index (χ0n) is 15.8. The highest BCUT2D eigenvalue weighted by Crippen LogP contribution is 2.27. The van der Waals surface area contributed by atoms with Crippen molar-refractivity contribution in [3.8, 4) is 0 Å². The first-order valence-corrected chi connectivity index (χ1v) is 10.00. The Kier molecular flexibility index (Phi) is 7.80.